The number of fused-ring (bicyclic) bond motifs is 3. The Bertz CT molecular complexity index is 1990. The standard InChI is InChI=1S/C35H40ClFN6O7S/c1-33(2,3)49-31(45)39-25-18-51(47,48)27-12-24(37)23(11-26(27)43(30(25)44)17-20-7-9-22(36)10-8-20)29-40-28(15-38-41-29)35-13-21(14-35)16-42(19-35)32(46)50-34(4,5)6/h7-12,15,21,25H,13-14,16-19H2,1-6H3,(H,39,45)/t21?,25-,35?/m0/s1. The second-order valence-corrected chi connectivity index (χ2v) is 17.9. The maximum Gasteiger partial charge on any atom is 0.410 e. The van der Waals surface area contributed by atoms with E-state index in [0.717, 1.165) is 18.9 Å². The van der Waals surface area contributed by atoms with Crippen LogP contribution in [0.15, 0.2) is 47.5 Å². The van der Waals surface area contributed by atoms with Crippen LogP contribution >= 0.6 is 11.6 Å². The Kier molecular flexibility index (Phi) is 9.28. The molecule has 3 amide bonds. The van der Waals surface area contributed by atoms with Gasteiger partial charge in [0, 0.05) is 23.5 Å². The number of hydrogen-bond acceptors (Lipinski definition) is 10. The number of ether oxygens (including phenoxy) is 2. The van der Waals surface area contributed by atoms with Crippen molar-refractivity contribution < 1.29 is 36.7 Å². The van der Waals surface area contributed by atoms with Crippen LogP contribution in [0.2, 0.25) is 5.02 Å². The molecule has 2 aromatic carbocycles. The van der Waals surface area contributed by atoms with Crippen LogP contribution in [-0.4, -0.2) is 82.7 Å². The van der Waals surface area contributed by atoms with E-state index in [4.69, 9.17) is 26.1 Å². The van der Waals surface area contributed by atoms with Crippen molar-refractivity contribution in [2.24, 2.45) is 5.92 Å². The average Bonchev–Trinajstić information content (AvgIpc) is 3.08. The summed E-state index contributed by atoms with van der Waals surface area (Å²) in [7, 11) is -4.36. The lowest BCUT2D eigenvalue weighted by molar-refractivity contribution is -0.120. The second kappa shape index (κ2) is 13.0. The summed E-state index contributed by atoms with van der Waals surface area (Å²) in [4.78, 5) is 47.0. The summed E-state index contributed by atoms with van der Waals surface area (Å²) in [6, 6.07) is 7.09. The number of alkyl carbamates (subject to hydrolysis) is 1. The first-order chi connectivity index (χ1) is 23.7. The highest BCUT2D eigenvalue weighted by atomic mass is 35.5. The molecule has 1 saturated carbocycles. The second-order valence-electron chi connectivity index (χ2n) is 15.4. The van der Waals surface area contributed by atoms with Crippen LogP contribution in [0.3, 0.4) is 0 Å². The first-order valence-electron chi connectivity index (χ1n) is 16.5. The third-order valence-electron chi connectivity index (χ3n) is 8.90. The molecule has 3 aliphatic heterocycles. The summed E-state index contributed by atoms with van der Waals surface area (Å²) in [5, 5.41) is 11.1. The zero-order chi connectivity index (χ0) is 37.1. The van der Waals surface area contributed by atoms with Crippen molar-refractivity contribution in [3.05, 3.63) is 64.7 Å². The maximum atomic E-state index is 16.1. The normalized spacial score (nSPS) is 22.7. The fraction of sp³-hybridized carbons (Fsp3) is 0.486. The first kappa shape index (κ1) is 36.4. The molecule has 16 heteroatoms. The molecular weight excluding hydrogens is 703 g/mol. The van der Waals surface area contributed by atoms with Crippen LogP contribution < -0.4 is 10.2 Å². The van der Waals surface area contributed by atoms with Crippen molar-refractivity contribution in [1.29, 1.82) is 0 Å². The van der Waals surface area contributed by atoms with E-state index in [0.29, 0.717) is 29.4 Å². The van der Waals surface area contributed by atoms with Crippen LogP contribution in [-0.2, 0) is 36.1 Å². The van der Waals surface area contributed by atoms with E-state index in [1.165, 1.54) is 17.2 Å². The lowest BCUT2D eigenvalue weighted by Crippen LogP contribution is -2.61. The Hall–Kier alpha value is -4.37. The quantitative estimate of drug-likeness (QED) is 0.356. The number of halogens is 2. The smallest absolute Gasteiger partial charge is 0.410 e. The fourth-order valence-electron chi connectivity index (χ4n) is 6.83. The molecule has 1 N–H and O–H groups in total. The average molecular weight is 743 g/mol. The third-order valence-corrected chi connectivity index (χ3v) is 10.9. The van der Waals surface area contributed by atoms with Crippen molar-refractivity contribution >= 4 is 45.2 Å². The summed E-state index contributed by atoms with van der Waals surface area (Å²) in [6.07, 6.45) is 1.56. The number of hydrogen-bond donors (Lipinski definition) is 1. The van der Waals surface area contributed by atoms with Crippen LogP contribution in [0.25, 0.3) is 11.4 Å². The zero-order valence-corrected chi connectivity index (χ0v) is 30.8. The zero-order valence-electron chi connectivity index (χ0n) is 29.2. The summed E-state index contributed by atoms with van der Waals surface area (Å²) < 4.78 is 54.6. The van der Waals surface area contributed by atoms with E-state index in [1.807, 2.05) is 0 Å². The molecule has 0 spiro atoms. The van der Waals surface area contributed by atoms with E-state index in [9.17, 15) is 22.8 Å². The largest absolute Gasteiger partial charge is 0.444 e. The predicted molar refractivity (Wildman–Crippen MR) is 185 cm³/mol. The fourth-order valence-corrected chi connectivity index (χ4v) is 8.57. The summed E-state index contributed by atoms with van der Waals surface area (Å²) in [6.45, 7) is 11.0. The van der Waals surface area contributed by atoms with Gasteiger partial charge < -0.3 is 24.6 Å². The van der Waals surface area contributed by atoms with Crippen molar-refractivity contribution in [1.82, 2.24) is 25.4 Å². The van der Waals surface area contributed by atoms with E-state index in [2.05, 4.69) is 15.5 Å². The van der Waals surface area contributed by atoms with Crippen LogP contribution in [0.1, 0.15) is 65.6 Å². The minimum Gasteiger partial charge on any atom is -0.444 e. The number of anilines is 1. The first-order valence-corrected chi connectivity index (χ1v) is 18.6. The monoisotopic (exact) mass is 742 g/mol. The number of carbonyl (C=O) groups is 3. The highest BCUT2D eigenvalue weighted by Crippen LogP contribution is 2.52. The van der Waals surface area contributed by atoms with Crippen molar-refractivity contribution in [3.8, 4) is 11.4 Å². The van der Waals surface area contributed by atoms with Gasteiger partial charge in [-0.25, -0.2) is 27.4 Å². The molecule has 0 unspecified atom stereocenters. The van der Waals surface area contributed by atoms with Gasteiger partial charge in [-0.3, -0.25) is 4.79 Å². The Balaban J connectivity index is 1.39. The summed E-state index contributed by atoms with van der Waals surface area (Å²) >= 11 is 6.09. The molecule has 4 heterocycles. The molecule has 1 aliphatic carbocycles. The van der Waals surface area contributed by atoms with E-state index in [1.54, 1.807) is 70.7 Å². The Morgan fingerprint density at radius 3 is 2.37 bits per heavy atom. The van der Waals surface area contributed by atoms with E-state index in [-0.39, 0.29) is 29.5 Å². The highest BCUT2D eigenvalue weighted by molar-refractivity contribution is 7.91. The number of rotatable bonds is 5. The van der Waals surface area contributed by atoms with Crippen LogP contribution in [0.5, 0.6) is 0 Å². The molecule has 1 aromatic heterocycles. The number of benzene rings is 2. The van der Waals surface area contributed by atoms with Crippen LogP contribution in [0, 0.1) is 11.7 Å². The molecule has 272 valence electrons. The number of nitrogens with one attached hydrogen (secondary N) is 1. The molecule has 2 saturated heterocycles. The Morgan fingerprint density at radius 2 is 1.73 bits per heavy atom. The summed E-state index contributed by atoms with van der Waals surface area (Å²) in [5.41, 5.74) is -1.34. The Labute approximate surface area is 300 Å². The van der Waals surface area contributed by atoms with Gasteiger partial charge in [-0.05, 0) is 90.1 Å². The van der Waals surface area contributed by atoms with Gasteiger partial charge >= 0.3 is 12.2 Å². The number of nitrogens with zero attached hydrogens (tertiary/aromatic N) is 5. The molecule has 0 radical (unpaired) electrons. The number of sulfone groups is 1. The van der Waals surface area contributed by atoms with Crippen molar-refractivity contribution in [3.63, 3.8) is 0 Å². The summed E-state index contributed by atoms with van der Waals surface area (Å²) in [5.74, 6) is -2.43. The third kappa shape index (κ3) is 7.78. The highest BCUT2D eigenvalue weighted by Gasteiger charge is 2.54. The number of carbonyl (C=O) groups excluding carboxylic acids is 3. The van der Waals surface area contributed by atoms with Gasteiger partial charge in [0.2, 0.25) is 0 Å². The molecule has 3 fully saturated rings. The number of aromatic nitrogens is 3. The molecule has 4 aliphatic rings. The minimum absolute atomic E-state index is 0.121. The van der Waals surface area contributed by atoms with Gasteiger partial charge in [0.15, 0.2) is 15.7 Å². The van der Waals surface area contributed by atoms with Crippen molar-refractivity contribution in [2.45, 2.75) is 88.5 Å². The lowest BCUT2D eigenvalue weighted by atomic mass is 9.57. The topological polar surface area (TPSA) is 161 Å². The van der Waals surface area contributed by atoms with E-state index < -0.39 is 67.1 Å². The SMILES string of the molecule is CC(C)(C)OC(=O)N[C@H]1CS(=O)(=O)c2cc(F)c(-c3nncc(C45CC(CN(C(=O)OC(C)(C)C)C4)C5)n3)cc2N(Cc2ccc(Cl)cc2)C1=O. The van der Waals surface area contributed by atoms with Gasteiger partial charge in [0.1, 0.15) is 23.1 Å². The number of amides is 3. The van der Waals surface area contributed by atoms with Gasteiger partial charge in [0.05, 0.1) is 40.3 Å². The van der Waals surface area contributed by atoms with Gasteiger partial charge in [-0.15, -0.1) is 5.10 Å². The minimum atomic E-state index is -4.36. The Morgan fingerprint density at radius 1 is 1.06 bits per heavy atom. The van der Waals surface area contributed by atoms with Gasteiger partial charge in [-0.2, -0.15) is 5.10 Å². The van der Waals surface area contributed by atoms with Crippen LogP contribution in [0.4, 0.5) is 19.7 Å². The van der Waals surface area contributed by atoms with Crippen molar-refractivity contribution in [2.75, 3.05) is 23.7 Å². The van der Waals surface area contributed by atoms with E-state index >= 15 is 4.39 Å². The van der Waals surface area contributed by atoms with Gasteiger partial charge in [-0.1, -0.05) is 23.7 Å². The molecular formula is C35H40ClFN6O7S. The molecule has 2 bridgehead atoms. The maximum absolute atomic E-state index is 16.1. The molecule has 7 rings (SSSR count). The number of piperidine rings is 2. The van der Waals surface area contributed by atoms with Gasteiger partial charge in [0.25, 0.3) is 5.91 Å². The molecule has 1 atom stereocenters. The molecule has 51 heavy (non-hydrogen) atoms. The lowest BCUT2D eigenvalue weighted by Gasteiger charge is -2.55. The predicted octanol–water partition coefficient (Wildman–Crippen LogP) is 5.44. The molecule has 3 aromatic rings. The molecule has 13 nitrogen and oxygen atoms in total.